The molecule has 0 aliphatic carbocycles. The second-order valence-electron chi connectivity index (χ2n) is 5.09. The molecule has 0 amide bonds. The Morgan fingerprint density at radius 3 is 2.24 bits per heavy atom. The molecule has 0 aliphatic heterocycles. The Balaban J connectivity index is 1.75. The molecule has 0 unspecified atom stereocenters. The van der Waals surface area contributed by atoms with Crippen LogP contribution in [-0.4, -0.2) is 12.8 Å². The highest BCUT2D eigenvalue weighted by Crippen LogP contribution is 2.34. The normalized spacial score (nSPS) is 11.2. The molecule has 0 bridgehead atoms. The van der Waals surface area contributed by atoms with Gasteiger partial charge in [0, 0.05) is 16.0 Å². The van der Waals surface area contributed by atoms with Crippen LogP contribution in [0, 0.1) is 0 Å². The summed E-state index contributed by atoms with van der Waals surface area (Å²) in [5.74, 6) is 0.132. The molecule has 0 fully saturated rings. The van der Waals surface area contributed by atoms with Crippen LogP contribution in [0.2, 0.25) is 0 Å². The quantitative estimate of drug-likeness (QED) is 0.492. The van der Waals surface area contributed by atoms with Crippen molar-refractivity contribution in [3.05, 3.63) is 84.4 Å². The highest BCUT2D eigenvalue weighted by molar-refractivity contribution is 7.99. The van der Waals surface area contributed by atoms with E-state index >= 15 is 0 Å². The summed E-state index contributed by atoms with van der Waals surface area (Å²) in [4.78, 5) is 6.71. The molecule has 25 heavy (non-hydrogen) atoms. The van der Waals surface area contributed by atoms with Gasteiger partial charge in [0.25, 0.3) is 0 Å². The molecule has 0 aliphatic rings. The molecule has 0 spiro atoms. The lowest BCUT2D eigenvalue weighted by molar-refractivity contribution is -0.0498. The van der Waals surface area contributed by atoms with Crippen molar-refractivity contribution in [1.82, 2.24) is 0 Å². The summed E-state index contributed by atoms with van der Waals surface area (Å²) < 4.78 is 28.7. The SMILES string of the molecule is FC(F)Oc1ccc(C=Nc2ccccc2Sc2ccccc2)cc1. The van der Waals surface area contributed by atoms with Crippen LogP contribution in [0.5, 0.6) is 5.75 Å². The molecule has 0 saturated carbocycles. The number of halogens is 2. The number of alkyl halides is 2. The number of nitrogens with zero attached hydrogens (tertiary/aromatic N) is 1. The molecule has 0 aromatic heterocycles. The number of benzene rings is 3. The molecule has 0 atom stereocenters. The van der Waals surface area contributed by atoms with Gasteiger partial charge in [0.05, 0.1) is 5.69 Å². The minimum absolute atomic E-state index is 0.132. The van der Waals surface area contributed by atoms with Gasteiger partial charge in [0.1, 0.15) is 5.75 Å². The zero-order chi connectivity index (χ0) is 17.5. The topological polar surface area (TPSA) is 21.6 Å². The Kier molecular flexibility index (Phi) is 5.80. The molecule has 5 heteroatoms. The monoisotopic (exact) mass is 355 g/mol. The molecule has 0 N–H and O–H groups in total. The van der Waals surface area contributed by atoms with E-state index in [1.54, 1.807) is 30.1 Å². The molecule has 0 saturated heterocycles. The van der Waals surface area contributed by atoms with Crippen molar-refractivity contribution in [3.8, 4) is 5.75 Å². The van der Waals surface area contributed by atoms with E-state index in [-0.39, 0.29) is 5.75 Å². The maximum atomic E-state index is 12.2. The third-order valence-corrected chi connectivity index (χ3v) is 4.37. The van der Waals surface area contributed by atoms with Crippen molar-refractivity contribution in [2.45, 2.75) is 16.4 Å². The molecule has 0 radical (unpaired) electrons. The molecular formula is C20H15F2NOS. The van der Waals surface area contributed by atoms with Crippen LogP contribution >= 0.6 is 11.8 Å². The average Bonchev–Trinajstić information content (AvgIpc) is 2.63. The fraction of sp³-hybridized carbons (Fsp3) is 0.0500. The van der Waals surface area contributed by atoms with E-state index in [4.69, 9.17) is 0 Å². The molecular weight excluding hydrogens is 340 g/mol. The smallest absolute Gasteiger partial charge is 0.387 e. The second kappa shape index (κ2) is 8.44. The van der Waals surface area contributed by atoms with Crippen LogP contribution in [0.15, 0.2) is 93.6 Å². The van der Waals surface area contributed by atoms with Gasteiger partial charge in [-0.05, 0) is 54.1 Å². The van der Waals surface area contributed by atoms with Crippen molar-refractivity contribution < 1.29 is 13.5 Å². The van der Waals surface area contributed by atoms with Gasteiger partial charge in [0.2, 0.25) is 0 Å². The standard InChI is InChI=1S/C20H15F2NOS/c21-20(22)24-16-12-10-15(11-13-16)14-23-18-8-4-5-9-19(18)25-17-6-2-1-3-7-17/h1-14,20H. The van der Waals surface area contributed by atoms with Crippen LogP contribution in [0.4, 0.5) is 14.5 Å². The van der Waals surface area contributed by atoms with Crippen LogP contribution in [-0.2, 0) is 0 Å². The number of ether oxygens (including phenoxy) is 1. The van der Waals surface area contributed by atoms with Crippen molar-refractivity contribution in [2.24, 2.45) is 4.99 Å². The van der Waals surface area contributed by atoms with Gasteiger partial charge in [-0.1, -0.05) is 42.1 Å². The molecule has 0 heterocycles. The zero-order valence-corrected chi connectivity index (χ0v) is 14.0. The first-order chi connectivity index (χ1) is 12.2. The Hall–Kier alpha value is -2.66. The third-order valence-electron chi connectivity index (χ3n) is 3.29. The lowest BCUT2D eigenvalue weighted by Gasteiger charge is -2.05. The first kappa shape index (κ1) is 17.2. The highest BCUT2D eigenvalue weighted by atomic mass is 32.2. The Labute approximate surface area is 149 Å². The number of hydrogen-bond donors (Lipinski definition) is 0. The van der Waals surface area contributed by atoms with Crippen LogP contribution in [0.25, 0.3) is 0 Å². The van der Waals surface area contributed by atoms with Gasteiger partial charge in [-0.25, -0.2) is 0 Å². The van der Waals surface area contributed by atoms with E-state index in [0.717, 1.165) is 21.0 Å². The van der Waals surface area contributed by atoms with E-state index in [1.165, 1.54) is 12.1 Å². The lowest BCUT2D eigenvalue weighted by atomic mass is 10.2. The summed E-state index contributed by atoms with van der Waals surface area (Å²) in [6.07, 6.45) is 1.70. The third kappa shape index (κ3) is 5.16. The van der Waals surface area contributed by atoms with Crippen molar-refractivity contribution in [3.63, 3.8) is 0 Å². The average molecular weight is 355 g/mol. The second-order valence-corrected chi connectivity index (χ2v) is 6.20. The maximum Gasteiger partial charge on any atom is 0.387 e. The number of rotatable bonds is 6. The molecule has 3 aromatic rings. The predicted molar refractivity (Wildman–Crippen MR) is 97.3 cm³/mol. The van der Waals surface area contributed by atoms with E-state index in [9.17, 15) is 8.78 Å². The molecule has 3 rings (SSSR count). The van der Waals surface area contributed by atoms with E-state index < -0.39 is 6.61 Å². The van der Waals surface area contributed by atoms with Crippen LogP contribution in [0.1, 0.15) is 5.56 Å². The summed E-state index contributed by atoms with van der Waals surface area (Å²) in [6.45, 7) is -2.82. The first-order valence-corrected chi connectivity index (χ1v) is 8.43. The molecule has 126 valence electrons. The van der Waals surface area contributed by atoms with E-state index in [0.29, 0.717) is 0 Å². The summed E-state index contributed by atoms with van der Waals surface area (Å²) in [7, 11) is 0. The Morgan fingerprint density at radius 1 is 0.840 bits per heavy atom. The van der Waals surface area contributed by atoms with Gasteiger partial charge in [-0.3, -0.25) is 4.99 Å². The van der Waals surface area contributed by atoms with E-state index in [1.807, 2.05) is 54.6 Å². The number of hydrogen-bond acceptors (Lipinski definition) is 3. The minimum Gasteiger partial charge on any atom is -0.435 e. The largest absolute Gasteiger partial charge is 0.435 e. The number of para-hydroxylation sites is 1. The van der Waals surface area contributed by atoms with Gasteiger partial charge < -0.3 is 4.74 Å². The fourth-order valence-electron chi connectivity index (χ4n) is 2.15. The first-order valence-electron chi connectivity index (χ1n) is 7.61. The van der Waals surface area contributed by atoms with E-state index in [2.05, 4.69) is 9.73 Å². The summed E-state index contributed by atoms with van der Waals surface area (Å²) in [5.41, 5.74) is 1.66. The summed E-state index contributed by atoms with van der Waals surface area (Å²) in [6, 6.07) is 24.3. The van der Waals surface area contributed by atoms with Crippen LogP contribution in [0.3, 0.4) is 0 Å². The molecule has 3 aromatic carbocycles. The van der Waals surface area contributed by atoms with Crippen molar-refractivity contribution in [1.29, 1.82) is 0 Å². The van der Waals surface area contributed by atoms with Crippen molar-refractivity contribution in [2.75, 3.05) is 0 Å². The van der Waals surface area contributed by atoms with Gasteiger partial charge >= 0.3 is 6.61 Å². The van der Waals surface area contributed by atoms with Gasteiger partial charge in [0.15, 0.2) is 0 Å². The Morgan fingerprint density at radius 2 is 1.52 bits per heavy atom. The van der Waals surface area contributed by atoms with Gasteiger partial charge in [-0.15, -0.1) is 0 Å². The molecule has 2 nitrogen and oxygen atoms in total. The number of aliphatic imine (C=N–C) groups is 1. The zero-order valence-electron chi connectivity index (χ0n) is 13.2. The van der Waals surface area contributed by atoms with Crippen LogP contribution < -0.4 is 4.74 Å². The fourth-order valence-corrected chi connectivity index (χ4v) is 3.06. The highest BCUT2D eigenvalue weighted by Gasteiger charge is 2.04. The summed E-state index contributed by atoms with van der Waals surface area (Å²) in [5, 5.41) is 0. The minimum atomic E-state index is -2.82. The van der Waals surface area contributed by atoms with Crippen molar-refractivity contribution >= 4 is 23.7 Å². The predicted octanol–water partition coefficient (Wildman–Crippen LogP) is 6.19. The maximum absolute atomic E-state index is 12.2. The summed E-state index contributed by atoms with van der Waals surface area (Å²) >= 11 is 1.64. The van der Waals surface area contributed by atoms with Gasteiger partial charge in [-0.2, -0.15) is 8.78 Å². The lowest BCUT2D eigenvalue weighted by Crippen LogP contribution is -2.01. The Bertz CT molecular complexity index is 836.